The van der Waals surface area contributed by atoms with Crippen LogP contribution in [-0.2, 0) is 9.59 Å². The maximum absolute atomic E-state index is 11.7. The Morgan fingerprint density at radius 1 is 1.00 bits per heavy atom. The summed E-state index contributed by atoms with van der Waals surface area (Å²) in [4.78, 5) is 24.7. The fourth-order valence-electron chi connectivity index (χ4n) is 3.56. The number of amides is 2. The van der Waals surface area contributed by atoms with Gasteiger partial charge in [0.2, 0.25) is 11.8 Å². The molecule has 2 bridgehead atoms. The topological polar surface area (TPSA) is 37.4 Å². The fourth-order valence-corrected chi connectivity index (χ4v) is 3.56. The van der Waals surface area contributed by atoms with Gasteiger partial charge in [-0.15, -0.1) is 0 Å². The Labute approximate surface area is 90.8 Å². The summed E-state index contributed by atoms with van der Waals surface area (Å²) in [6, 6.07) is 0. The Morgan fingerprint density at radius 3 is 1.80 bits per heavy atom. The van der Waals surface area contributed by atoms with E-state index in [9.17, 15) is 9.59 Å². The first-order valence-corrected chi connectivity index (χ1v) is 6.01. The molecular weight excluding hydrogens is 190 g/mol. The van der Waals surface area contributed by atoms with Gasteiger partial charge in [0, 0.05) is 7.05 Å². The zero-order valence-electron chi connectivity index (χ0n) is 9.69. The quantitative estimate of drug-likeness (QED) is 0.569. The van der Waals surface area contributed by atoms with Crippen LogP contribution in [0.15, 0.2) is 0 Å². The molecule has 2 amide bonds. The van der Waals surface area contributed by atoms with Gasteiger partial charge in [-0.05, 0) is 31.1 Å². The minimum Gasteiger partial charge on any atom is -0.285 e. The zero-order valence-corrected chi connectivity index (χ0v) is 9.69. The van der Waals surface area contributed by atoms with Crippen molar-refractivity contribution < 1.29 is 9.59 Å². The standard InChI is InChI=1S/C10H13NO2.C2H6/c1-11-9(12)7-5-2-3-6(4-5)8(7)10(11)13;1-2/h5-8H,2-4H2,1H3;1-2H3. The summed E-state index contributed by atoms with van der Waals surface area (Å²) in [5, 5.41) is 0. The number of likely N-dealkylation sites (tertiary alicyclic amines) is 1. The highest BCUT2D eigenvalue weighted by Gasteiger charge is 2.59. The first-order chi connectivity index (χ1) is 7.20. The van der Waals surface area contributed by atoms with Crippen molar-refractivity contribution in [2.24, 2.45) is 23.7 Å². The summed E-state index contributed by atoms with van der Waals surface area (Å²) in [6.45, 7) is 4.00. The minimum atomic E-state index is 0.0660. The van der Waals surface area contributed by atoms with Crippen molar-refractivity contribution in [3.05, 3.63) is 0 Å². The molecule has 3 rings (SSSR count). The summed E-state index contributed by atoms with van der Waals surface area (Å²) in [6.07, 6.45) is 3.46. The molecule has 3 aliphatic rings. The Balaban J connectivity index is 0.000000404. The van der Waals surface area contributed by atoms with Crippen LogP contribution in [0.1, 0.15) is 33.1 Å². The maximum Gasteiger partial charge on any atom is 0.233 e. The van der Waals surface area contributed by atoms with E-state index in [1.165, 1.54) is 17.7 Å². The second kappa shape index (κ2) is 3.62. The Kier molecular flexibility index (Phi) is 2.57. The molecule has 15 heavy (non-hydrogen) atoms. The van der Waals surface area contributed by atoms with E-state index >= 15 is 0 Å². The van der Waals surface area contributed by atoms with Crippen molar-refractivity contribution >= 4 is 11.8 Å². The van der Waals surface area contributed by atoms with E-state index in [4.69, 9.17) is 0 Å². The average molecular weight is 209 g/mol. The molecule has 2 saturated carbocycles. The van der Waals surface area contributed by atoms with Gasteiger partial charge in [0.25, 0.3) is 0 Å². The first-order valence-electron chi connectivity index (χ1n) is 6.01. The lowest BCUT2D eigenvalue weighted by molar-refractivity contribution is -0.139. The highest BCUT2D eigenvalue weighted by Crippen LogP contribution is 2.55. The van der Waals surface area contributed by atoms with Crippen molar-refractivity contribution in [2.45, 2.75) is 33.1 Å². The van der Waals surface area contributed by atoms with E-state index < -0.39 is 0 Å². The van der Waals surface area contributed by atoms with Crippen LogP contribution >= 0.6 is 0 Å². The van der Waals surface area contributed by atoms with Gasteiger partial charge in [-0.25, -0.2) is 0 Å². The van der Waals surface area contributed by atoms with Gasteiger partial charge in [0.15, 0.2) is 0 Å². The van der Waals surface area contributed by atoms with Crippen LogP contribution in [0.25, 0.3) is 0 Å². The summed E-state index contributed by atoms with van der Waals surface area (Å²) < 4.78 is 0. The van der Waals surface area contributed by atoms with Crippen LogP contribution in [0, 0.1) is 23.7 Å². The number of carbonyl (C=O) groups is 2. The van der Waals surface area contributed by atoms with E-state index in [1.54, 1.807) is 7.05 Å². The normalized spacial score (nSPS) is 41.7. The molecule has 3 fully saturated rings. The number of imide groups is 1. The summed E-state index contributed by atoms with van der Waals surface area (Å²) in [7, 11) is 1.63. The molecule has 1 saturated heterocycles. The third-order valence-corrected chi connectivity index (χ3v) is 4.15. The number of rotatable bonds is 0. The lowest BCUT2D eigenvalue weighted by Crippen LogP contribution is -2.28. The molecule has 0 spiro atoms. The molecule has 0 aromatic carbocycles. The number of fused-ring (bicyclic) bond motifs is 5. The predicted octanol–water partition coefficient (Wildman–Crippen LogP) is 1.67. The van der Waals surface area contributed by atoms with Gasteiger partial charge in [0.05, 0.1) is 11.8 Å². The molecule has 0 aromatic heterocycles. The Hall–Kier alpha value is -0.860. The molecule has 0 aromatic rings. The zero-order chi connectivity index (χ0) is 11.2. The van der Waals surface area contributed by atoms with Crippen LogP contribution in [0.2, 0.25) is 0 Å². The van der Waals surface area contributed by atoms with Crippen molar-refractivity contribution in [3.8, 4) is 0 Å². The lowest BCUT2D eigenvalue weighted by Gasteiger charge is -2.19. The smallest absolute Gasteiger partial charge is 0.233 e. The van der Waals surface area contributed by atoms with Crippen LogP contribution in [-0.4, -0.2) is 23.8 Å². The highest BCUT2D eigenvalue weighted by molar-refractivity contribution is 6.05. The molecule has 1 heterocycles. The molecule has 3 heteroatoms. The fraction of sp³-hybridized carbons (Fsp3) is 0.833. The third-order valence-electron chi connectivity index (χ3n) is 4.15. The largest absolute Gasteiger partial charge is 0.285 e. The van der Waals surface area contributed by atoms with E-state index in [0.29, 0.717) is 11.8 Å². The van der Waals surface area contributed by atoms with Gasteiger partial charge in [0.1, 0.15) is 0 Å². The van der Waals surface area contributed by atoms with Crippen LogP contribution in [0.3, 0.4) is 0 Å². The van der Waals surface area contributed by atoms with Gasteiger partial charge in [-0.2, -0.15) is 0 Å². The first kappa shape index (κ1) is 10.7. The number of carbonyl (C=O) groups excluding carboxylic acids is 2. The van der Waals surface area contributed by atoms with E-state index in [-0.39, 0.29) is 23.7 Å². The molecule has 1 aliphatic heterocycles. The minimum absolute atomic E-state index is 0.0660. The summed E-state index contributed by atoms with van der Waals surface area (Å²) in [5.41, 5.74) is 0. The second-order valence-electron chi connectivity index (χ2n) is 4.62. The van der Waals surface area contributed by atoms with Gasteiger partial charge in [-0.3, -0.25) is 14.5 Å². The van der Waals surface area contributed by atoms with E-state index in [2.05, 4.69) is 0 Å². The van der Waals surface area contributed by atoms with Gasteiger partial charge in [-0.1, -0.05) is 13.8 Å². The Bertz CT molecular complexity index is 272. The second-order valence-corrected chi connectivity index (χ2v) is 4.62. The number of hydrogen-bond donors (Lipinski definition) is 0. The maximum atomic E-state index is 11.7. The summed E-state index contributed by atoms with van der Waals surface area (Å²) in [5.74, 6) is 1.35. The van der Waals surface area contributed by atoms with Crippen molar-refractivity contribution in [2.75, 3.05) is 7.05 Å². The number of hydrogen-bond acceptors (Lipinski definition) is 2. The van der Waals surface area contributed by atoms with Crippen LogP contribution in [0.4, 0.5) is 0 Å². The predicted molar refractivity (Wildman–Crippen MR) is 56.9 cm³/mol. The SMILES string of the molecule is CC.CN1C(=O)C2C3CCC(C3)C2C1=O. The third kappa shape index (κ3) is 1.25. The van der Waals surface area contributed by atoms with Gasteiger partial charge >= 0.3 is 0 Å². The molecule has 4 atom stereocenters. The number of nitrogens with zero attached hydrogens (tertiary/aromatic N) is 1. The summed E-state index contributed by atoms with van der Waals surface area (Å²) >= 11 is 0. The van der Waals surface area contributed by atoms with Crippen molar-refractivity contribution in [1.82, 2.24) is 4.90 Å². The van der Waals surface area contributed by atoms with Crippen molar-refractivity contribution in [3.63, 3.8) is 0 Å². The Morgan fingerprint density at radius 2 is 1.40 bits per heavy atom. The average Bonchev–Trinajstić information content (AvgIpc) is 2.92. The van der Waals surface area contributed by atoms with Crippen LogP contribution in [0.5, 0.6) is 0 Å². The molecule has 2 aliphatic carbocycles. The van der Waals surface area contributed by atoms with Crippen molar-refractivity contribution in [1.29, 1.82) is 0 Å². The molecule has 0 N–H and O–H groups in total. The molecule has 3 nitrogen and oxygen atoms in total. The molecule has 4 unspecified atom stereocenters. The highest BCUT2D eigenvalue weighted by atomic mass is 16.2. The van der Waals surface area contributed by atoms with E-state index in [0.717, 1.165) is 6.42 Å². The molecule has 0 radical (unpaired) electrons. The van der Waals surface area contributed by atoms with Gasteiger partial charge < -0.3 is 0 Å². The molecule has 84 valence electrons. The molecular formula is C12H19NO2. The van der Waals surface area contributed by atoms with Crippen LogP contribution < -0.4 is 0 Å². The monoisotopic (exact) mass is 209 g/mol. The lowest BCUT2D eigenvalue weighted by atomic mass is 9.81. The van der Waals surface area contributed by atoms with E-state index in [1.807, 2.05) is 13.8 Å².